The average Bonchev–Trinajstić information content (AvgIpc) is 2.95. The summed E-state index contributed by atoms with van der Waals surface area (Å²) in [5, 5.41) is 16.0. The molecule has 1 aliphatic carbocycles. The van der Waals surface area contributed by atoms with Crippen LogP contribution < -0.4 is 10.6 Å². The van der Waals surface area contributed by atoms with Crippen LogP contribution in [-0.2, 0) is 9.53 Å². The molecule has 5 nitrogen and oxygen atoms in total. The molecule has 1 unspecified atom stereocenters. The summed E-state index contributed by atoms with van der Waals surface area (Å²) in [6.07, 6.45) is 3.40. The van der Waals surface area contributed by atoms with Gasteiger partial charge in [0, 0.05) is 38.6 Å². The Morgan fingerprint density at radius 1 is 1.50 bits per heavy atom. The Morgan fingerprint density at radius 2 is 2.31 bits per heavy atom. The minimum atomic E-state index is -0.729. The molecular formula is C11H20N2O3. The van der Waals surface area contributed by atoms with E-state index in [0.717, 1.165) is 12.8 Å². The van der Waals surface area contributed by atoms with Gasteiger partial charge in [0.1, 0.15) is 5.60 Å². The summed E-state index contributed by atoms with van der Waals surface area (Å²) in [6.45, 7) is 2.14. The number of carbonyl (C=O) groups is 1. The second-order valence-electron chi connectivity index (χ2n) is 4.80. The van der Waals surface area contributed by atoms with Crippen molar-refractivity contribution in [3.05, 3.63) is 0 Å². The van der Waals surface area contributed by atoms with Gasteiger partial charge in [-0.25, -0.2) is 0 Å². The first-order valence-corrected chi connectivity index (χ1v) is 5.98. The first-order valence-electron chi connectivity index (χ1n) is 5.98. The standard InChI is InChI=1S/C11H20N2O3/c14-10(13-9-1-2-9)3-5-12-7-11(15)4-6-16-8-11/h9,12,15H,1-8H2,(H,13,14). The normalized spacial score (nSPS) is 29.3. The molecule has 0 aromatic rings. The van der Waals surface area contributed by atoms with Crippen LogP contribution >= 0.6 is 0 Å². The quantitative estimate of drug-likeness (QED) is 0.531. The Bertz CT molecular complexity index is 248. The van der Waals surface area contributed by atoms with Crippen molar-refractivity contribution < 1.29 is 14.6 Å². The maximum atomic E-state index is 11.3. The van der Waals surface area contributed by atoms with E-state index in [-0.39, 0.29) is 5.91 Å². The van der Waals surface area contributed by atoms with Gasteiger partial charge in [0.25, 0.3) is 0 Å². The van der Waals surface area contributed by atoms with E-state index in [4.69, 9.17) is 4.74 Å². The van der Waals surface area contributed by atoms with Gasteiger partial charge in [-0.1, -0.05) is 0 Å². The lowest BCUT2D eigenvalue weighted by molar-refractivity contribution is -0.121. The lowest BCUT2D eigenvalue weighted by atomic mass is 10.0. The van der Waals surface area contributed by atoms with Crippen molar-refractivity contribution in [1.29, 1.82) is 0 Å². The fraction of sp³-hybridized carbons (Fsp3) is 0.909. The molecule has 0 aromatic heterocycles. The zero-order chi connectivity index (χ0) is 11.4. The highest BCUT2D eigenvalue weighted by atomic mass is 16.5. The van der Waals surface area contributed by atoms with Crippen molar-refractivity contribution in [2.45, 2.75) is 37.3 Å². The van der Waals surface area contributed by atoms with E-state index < -0.39 is 5.60 Å². The molecule has 0 radical (unpaired) electrons. The summed E-state index contributed by atoms with van der Waals surface area (Å²) in [7, 11) is 0. The van der Waals surface area contributed by atoms with Crippen molar-refractivity contribution in [3.8, 4) is 0 Å². The van der Waals surface area contributed by atoms with Crippen molar-refractivity contribution in [3.63, 3.8) is 0 Å². The Balaban J connectivity index is 1.52. The molecule has 1 heterocycles. The van der Waals surface area contributed by atoms with Crippen LogP contribution in [-0.4, -0.2) is 49.0 Å². The Kier molecular flexibility index (Phi) is 3.78. The molecule has 3 N–H and O–H groups in total. The van der Waals surface area contributed by atoms with Gasteiger partial charge in [0.2, 0.25) is 5.91 Å². The summed E-state index contributed by atoms with van der Waals surface area (Å²) in [4.78, 5) is 11.3. The molecule has 0 aromatic carbocycles. The number of ether oxygens (including phenoxy) is 1. The third-order valence-electron chi connectivity index (χ3n) is 3.01. The zero-order valence-corrected chi connectivity index (χ0v) is 9.50. The van der Waals surface area contributed by atoms with Crippen LogP contribution in [0.5, 0.6) is 0 Å². The van der Waals surface area contributed by atoms with Crippen molar-refractivity contribution in [1.82, 2.24) is 10.6 Å². The molecule has 92 valence electrons. The SMILES string of the molecule is O=C(CCNCC1(O)CCOC1)NC1CC1. The van der Waals surface area contributed by atoms with E-state index >= 15 is 0 Å². The van der Waals surface area contributed by atoms with E-state index in [2.05, 4.69) is 10.6 Å². The highest BCUT2D eigenvalue weighted by Crippen LogP contribution is 2.18. The molecular weight excluding hydrogens is 208 g/mol. The van der Waals surface area contributed by atoms with Gasteiger partial charge in [-0.3, -0.25) is 4.79 Å². The van der Waals surface area contributed by atoms with Gasteiger partial charge in [0.05, 0.1) is 6.61 Å². The predicted molar refractivity (Wildman–Crippen MR) is 59.0 cm³/mol. The lowest BCUT2D eigenvalue weighted by Crippen LogP contribution is -2.42. The van der Waals surface area contributed by atoms with E-state index in [0.29, 0.717) is 45.2 Å². The first-order chi connectivity index (χ1) is 7.68. The maximum Gasteiger partial charge on any atom is 0.221 e. The van der Waals surface area contributed by atoms with Crippen molar-refractivity contribution >= 4 is 5.91 Å². The molecule has 1 amide bonds. The number of carbonyl (C=O) groups excluding carboxylic acids is 1. The number of hydrogen-bond acceptors (Lipinski definition) is 4. The zero-order valence-electron chi connectivity index (χ0n) is 9.50. The number of amides is 1. The molecule has 16 heavy (non-hydrogen) atoms. The number of aliphatic hydroxyl groups is 1. The van der Waals surface area contributed by atoms with Crippen LogP contribution in [0, 0.1) is 0 Å². The topological polar surface area (TPSA) is 70.6 Å². The first kappa shape index (κ1) is 11.8. The second-order valence-corrected chi connectivity index (χ2v) is 4.80. The van der Waals surface area contributed by atoms with E-state index in [9.17, 15) is 9.90 Å². The molecule has 2 fully saturated rings. The summed E-state index contributed by atoms with van der Waals surface area (Å²) in [6, 6.07) is 0.430. The molecule has 1 atom stereocenters. The summed E-state index contributed by atoms with van der Waals surface area (Å²) >= 11 is 0. The maximum absolute atomic E-state index is 11.3. The van der Waals surface area contributed by atoms with Crippen molar-refractivity contribution in [2.24, 2.45) is 0 Å². The highest BCUT2D eigenvalue weighted by Gasteiger charge is 2.31. The Hall–Kier alpha value is -0.650. The van der Waals surface area contributed by atoms with E-state index in [1.54, 1.807) is 0 Å². The third-order valence-corrected chi connectivity index (χ3v) is 3.01. The lowest BCUT2D eigenvalue weighted by Gasteiger charge is -2.20. The molecule has 1 aliphatic heterocycles. The van der Waals surface area contributed by atoms with Crippen LogP contribution in [0.15, 0.2) is 0 Å². The van der Waals surface area contributed by atoms with Gasteiger partial charge in [-0.15, -0.1) is 0 Å². The highest BCUT2D eigenvalue weighted by molar-refractivity contribution is 5.76. The Labute approximate surface area is 95.5 Å². The van der Waals surface area contributed by atoms with Crippen LogP contribution in [0.1, 0.15) is 25.7 Å². The number of hydrogen-bond donors (Lipinski definition) is 3. The predicted octanol–water partition coefficient (Wildman–Crippen LogP) is -0.604. The van der Waals surface area contributed by atoms with Crippen LogP contribution in [0.4, 0.5) is 0 Å². The van der Waals surface area contributed by atoms with Crippen LogP contribution in [0.25, 0.3) is 0 Å². The summed E-state index contributed by atoms with van der Waals surface area (Å²) < 4.78 is 5.13. The van der Waals surface area contributed by atoms with E-state index in [1.807, 2.05) is 0 Å². The molecule has 0 spiro atoms. The monoisotopic (exact) mass is 228 g/mol. The van der Waals surface area contributed by atoms with Gasteiger partial charge >= 0.3 is 0 Å². The minimum absolute atomic E-state index is 0.102. The molecule has 1 saturated carbocycles. The number of nitrogens with one attached hydrogen (secondary N) is 2. The third kappa shape index (κ3) is 3.73. The fourth-order valence-corrected chi connectivity index (χ4v) is 1.79. The van der Waals surface area contributed by atoms with Gasteiger partial charge in [-0.05, 0) is 12.8 Å². The smallest absolute Gasteiger partial charge is 0.221 e. The molecule has 5 heteroatoms. The van der Waals surface area contributed by atoms with Crippen molar-refractivity contribution in [2.75, 3.05) is 26.3 Å². The van der Waals surface area contributed by atoms with Crippen LogP contribution in [0.2, 0.25) is 0 Å². The van der Waals surface area contributed by atoms with Gasteiger partial charge < -0.3 is 20.5 Å². The minimum Gasteiger partial charge on any atom is -0.386 e. The van der Waals surface area contributed by atoms with Crippen LogP contribution in [0.3, 0.4) is 0 Å². The average molecular weight is 228 g/mol. The van der Waals surface area contributed by atoms with E-state index in [1.165, 1.54) is 0 Å². The fourth-order valence-electron chi connectivity index (χ4n) is 1.79. The second kappa shape index (κ2) is 5.12. The molecule has 2 aliphatic rings. The summed E-state index contributed by atoms with van der Waals surface area (Å²) in [5.74, 6) is 0.102. The largest absolute Gasteiger partial charge is 0.386 e. The molecule has 1 saturated heterocycles. The number of rotatable bonds is 6. The van der Waals surface area contributed by atoms with Gasteiger partial charge in [0.15, 0.2) is 0 Å². The summed E-state index contributed by atoms with van der Waals surface area (Å²) in [5.41, 5.74) is -0.729. The molecule has 0 bridgehead atoms. The van der Waals surface area contributed by atoms with Gasteiger partial charge in [-0.2, -0.15) is 0 Å². The Morgan fingerprint density at radius 3 is 2.94 bits per heavy atom. The molecule has 2 rings (SSSR count).